The van der Waals surface area contributed by atoms with E-state index in [9.17, 15) is 20.1 Å². The second kappa shape index (κ2) is 12.1. The second-order valence-electron chi connectivity index (χ2n) is 10.3. The molecule has 1 aromatic rings. The normalized spacial score (nSPS) is 28.9. The molecule has 0 aliphatic carbocycles. The molecule has 4 rings (SSSR count). The van der Waals surface area contributed by atoms with Gasteiger partial charge in [0.2, 0.25) is 0 Å². The molecular formula is C26H32GaN3O4S3. The molecule has 11 heteroatoms. The number of allylic oxidation sites excluding steroid dienone is 1. The van der Waals surface area contributed by atoms with Gasteiger partial charge < -0.3 is 20.1 Å². The number of aliphatic carboxylic acids is 1. The first-order chi connectivity index (χ1) is 17.0. The number of hydrogen-bond donors (Lipinski definition) is 0. The Bertz CT molecular complexity index is 1100. The number of thioether (sulfide) groups is 3. The number of aliphatic imine (C=N–C) groups is 2. The number of nitrogens with zero attached hydrogens (tertiary/aromatic N) is 3. The first-order valence-electron chi connectivity index (χ1n) is 12.0. The van der Waals surface area contributed by atoms with Crippen molar-refractivity contribution < 1.29 is 20.1 Å². The summed E-state index contributed by atoms with van der Waals surface area (Å²) in [6.45, 7) is 9.06. The van der Waals surface area contributed by atoms with Crippen molar-refractivity contribution in [2.24, 2.45) is 15.4 Å². The fourth-order valence-corrected chi connectivity index (χ4v) is 9.02. The van der Waals surface area contributed by atoms with Gasteiger partial charge in [0.25, 0.3) is 0 Å². The maximum absolute atomic E-state index is 13.8. The molecule has 3 aliphatic heterocycles. The molecule has 0 spiro atoms. The summed E-state index contributed by atoms with van der Waals surface area (Å²) in [6, 6.07) is 5.11. The monoisotopic (exact) mass is 615 g/mol. The van der Waals surface area contributed by atoms with Crippen LogP contribution in [0.15, 0.2) is 40.8 Å². The molecule has 0 N–H and O–H groups in total. The van der Waals surface area contributed by atoms with Crippen molar-refractivity contribution in [3.63, 3.8) is 0 Å². The Balaban J connectivity index is 0.00000380. The summed E-state index contributed by atoms with van der Waals surface area (Å²) in [5, 5.41) is 39.4. The maximum atomic E-state index is 13.8. The van der Waals surface area contributed by atoms with Gasteiger partial charge in [0.15, 0.2) is 0 Å². The average molecular weight is 616 g/mol. The summed E-state index contributed by atoms with van der Waals surface area (Å²) in [6.07, 6.45) is 2.42. The van der Waals surface area contributed by atoms with Gasteiger partial charge >= 0.3 is 19.8 Å². The third-order valence-electron chi connectivity index (χ3n) is 7.20. The van der Waals surface area contributed by atoms with Crippen LogP contribution in [0, 0.1) is 5.41 Å². The minimum atomic E-state index is -1.29. The summed E-state index contributed by atoms with van der Waals surface area (Å²) in [4.78, 5) is 23.1. The number of hydrogen-bond acceptors (Lipinski definition) is 10. The predicted octanol–water partition coefficient (Wildman–Crippen LogP) is 1.14. The van der Waals surface area contributed by atoms with Crippen LogP contribution in [0.5, 0.6) is 5.75 Å². The van der Waals surface area contributed by atoms with Crippen molar-refractivity contribution >= 4 is 71.1 Å². The average Bonchev–Trinajstić information content (AvgIpc) is 3.56. The number of likely N-dealkylation sites (N-methyl/N-ethyl adjacent to an activating group) is 1. The van der Waals surface area contributed by atoms with Gasteiger partial charge in [0, 0.05) is 34.3 Å². The molecule has 0 unspecified atom stereocenters. The van der Waals surface area contributed by atoms with Crippen LogP contribution in [-0.2, 0) is 11.2 Å². The van der Waals surface area contributed by atoms with Crippen LogP contribution in [0.3, 0.4) is 0 Å². The fraction of sp³-hybridized carbons (Fsp3) is 0.577. The third kappa shape index (κ3) is 6.02. The number of aryl methyl sites for hydroxylation is 1. The zero-order valence-corrected chi connectivity index (χ0v) is 26.5. The molecular weight excluding hydrogens is 584 g/mol. The van der Waals surface area contributed by atoms with Crippen LogP contribution in [0.4, 0.5) is 0 Å². The molecule has 0 aromatic heterocycles. The Hall–Kier alpha value is -0.824. The molecule has 0 saturated carbocycles. The molecule has 0 bridgehead atoms. The first-order valence-corrected chi connectivity index (χ1v) is 15.1. The molecule has 0 radical (unpaired) electrons. The quantitative estimate of drug-likeness (QED) is 0.300. The standard InChI is InChI=1S/C26H34N3O4S3.Ga/c1-6-7-9-15-10-8-11-18(30)19(15)21-27-16(12-34-21)22-29(5)17(13-35-22)20(31)25(2,3)23-28-26(4,14-36-23)24(32)33;/h6,8,10-11,16-17,20,22,30H,1,7,9,12-14H2,2-5H3,(H,32,33);/q-1;+3/p-2/t16-,17+,20-,22-,26-;/m1./s1. The van der Waals surface area contributed by atoms with Crippen LogP contribution < -0.4 is 15.3 Å². The Morgan fingerprint density at radius 1 is 1.35 bits per heavy atom. The minimum Gasteiger partial charge on any atom is -0.872 e. The van der Waals surface area contributed by atoms with E-state index in [1.54, 1.807) is 42.6 Å². The van der Waals surface area contributed by atoms with E-state index in [-0.39, 0.29) is 48.8 Å². The summed E-state index contributed by atoms with van der Waals surface area (Å²) in [5.41, 5.74) is -0.402. The molecule has 3 aliphatic rings. The van der Waals surface area contributed by atoms with Crippen molar-refractivity contribution in [2.75, 3.05) is 24.3 Å². The molecule has 5 atom stereocenters. The van der Waals surface area contributed by atoms with Crippen LogP contribution in [0.2, 0.25) is 0 Å². The van der Waals surface area contributed by atoms with Gasteiger partial charge in [-0.15, -0.1) is 41.9 Å². The van der Waals surface area contributed by atoms with Gasteiger partial charge in [-0.2, -0.15) is 0 Å². The van der Waals surface area contributed by atoms with Crippen LogP contribution in [-0.4, -0.2) is 94.2 Å². The predicted molar refractivity (Wildman–Crippen MR) is 152 cm³/mol. The van der Waals surface area contributed by atoms with E-state index in [0.29, 0.717) is 16.4 Å². The molecule has 1 saturated heterocycles. The Morgan fingerprint density at radius 2 is 2.08 bits per heavy atom. The number of carbonyl (C=O) groups excluding carboxylic acids is 1. The van der Waals surface area contributed by atoms with Gasteiger partial charge in [-0.25, -0.2) is 0 Å². The number of carbonyl (C=O) groups is 1. The van der Waals surface area contributed by atoms with Crippen molar-refractivity contribution in [3.05, 3.63) is 42.0 Å². The van der Waals surface area contributed by atoms with Gasteiger partial charge in [-0.1, -0.05) is 50.0 Å². The van der Waals surface area contributed by atoms with E-state index in [0.717, 1.165) is 29.2 Å². The van der Waals surface area contributed by atoms with E-state index < -0.39 is 23.0 Å². The molecule has 37 heavy (non-hydrogen) atoms. The molecule has 1 fully saturated rings. The van der Waals surface area contributed by atoms with Crippen LogP contribution in [0.25, 0.3) is 0 Å². The van der Waals surface area contributed by atoms with Gasteiger partial charge in [0.1, 0.15) is 5.54 Å². The summed E-state index contributed by atoms with van der Waals surface area (Å²) >= 11 is 4.69. The van der Waals surface area contributed by atoms with Gasteiger partial charge in [-0.3, -0.25) is 14.9 Å². The minimum absolute atomic E-state index is 0. The van der Waals surface area contributed by atoms with E-state index in [2.05, 4.69) is 16.5 Å². The van der Waals surface area contributed by atoms with Crippen molar-refractivity contribution in [3.8, 4) is 5.75 Å². The number of carboxylic acid groups (broad SMARTS) is 1. The van der Waals surface area contributed by atoms with Crippen LogP contribution in [0.1, 0.15) is 38.3 Å². The smallest absolute Gasteiger partial charge is 0.872 e. The van der Waals surface area contributed by atoms with E-state index in [1.165, 1.54) is 11.8 Å². The number of carboxylic acids is 1. The zero-order chi connectivity index (χ0) is 26.3. The zero-order valence-electron chi connectivity index (χ0n) is 21.6. The summed E-state index contributed by atoms with van der Waals surface area (Å²) < 4.78 is 0. The Morgan fingerprint density at radius 3 is 2.73 bits per heavy atom. The topological polar surface area (TPSA) is 114 Å². The Kier molecular flexibility index (Phi) is 10.1. The molecule has 0 amide bonds. The molecule has 7 nitrogen and oxygen atoms in total. The first kappa shape index (κ1) is 30.7. The van der Waals surface area contributed by atoms with E-state index in [4.69, 9.17) is 4.99 Å². The van der Waals surface area contributed by atoms with Crippen molar-refractivity contribution in [1.29, 1.82) is 0 Å². The largest absolute Gasteiger partial charge is 3.00 e. The van der Waals surface area contributed by atoms with Crippen molar-refractivity contribution in [1.82, 2.24) is 4.90 Å². The summed E-state index contributed by atoms with van der Waals surface area (Å²) in [5.74, 6) is 0.498. The fourth-order valence-electron chi connectivity index (χ4n) is 4.80. The molecule has 1 aromatic carbocycles. The van der Waals surface area contributed by atoms with Gasteiger partial charge in [-0.05, 0) is 32.4 Å². The number of benzene rings is 1. The molecule has 3 heterocycles. The third-order valence-corrected chi connectivity index (χ3v) is 11.4. The summed E-state index contributed by atoms with van der Waals surface area (Å²) in [7, 11) is 1.97. The number of rotatable bonds is 9. The molecule has 196 valence electrons. The van der Waals surface area contributed by atoms with E-state index >= 15 is 0 Å². The second-order valence-corrected chi connectivity index (χ2v) is 13.4. The van der Waals surface area contributed by atoms with Gasteiger partial charge in [0.05, 0.1) is 27.5 Å². The van der Waals surface area contributed by atoms with Crippen LogP contribution >= 0.6 is 35.3 Å². The Labute approximate surface area is 245 Å². The van der Waals surface area contributed by atoms with Crippen molar-refractivity contribution in [2.45, 2.75) is 62.7 Å². The maximum Gasteiger partial charge on any atom is 3.00 e. The van der Waals surface area contributed by atoms with E-state index in [1.807, 2.05) is 33.0 Å². The SMILES string of the molecule is C=CCCc1cccc([O-])c1C1=N[C@@H]([C@H]2SC[C@@H]([C@@H]([O-])C(C)(C)C3=N[C@@](C)(C(=O)[O-])CS3)N2C)CS1.[Ga+3].